The molecular weight excluding hydrogens is 336 g/mol. The highest BCUT2D eigenvalue weighted by molar-refractivity contribution is 9.10. The van der Waals surface area contributed by atoms with E-state index >= 15 is 0 Å². The van der Waals surface area contributed by atoms with Gasteiger partial charge < -0.3 is 10.2 Å². The monoisotopic (exact) mass is 356 g/mol. The first kappa shape index (κ1) is 16.0. The van der Waals surface area contributed by atoms with Crippen molar-refractivity contribution in [3.05, 3.63) is 15.9 Å². The summed E-state index contributed by atoms with van der Waals surface area (Å²) >= 11 is 3.52. The summed E-state index contributed by atoms with van der Waals surface area (Å²) in [4.78, 5) is 26.4. The molecule has 7 heteroatoms. The molecule has 2 heterocycles. The zero-order valence-electron chi connectivity index (χ0n) is 12.9. The van der Waals surface area contributed by atoms with Crippen LogP contribution in [0.15, 0.2) is 4.47 Å². The topological polar surface area (TPSA) is 67.2 Å². The molecule has 0 radical (unpaired) electrons. The number of hydrogen-bond donors (Lipinski definition) is 1. The molecule has 0 saturated carbocycles. The number of piperazine rings is 1. The maximum absolute atomic E-state index is 12.4. The summed E-state index contributed by atoms with van der Waals surface area (Å²) in [6.45, 7) is 6.24. The lowest BCUT2D eigenvalue weighted by Crippen LogP contribution is -2.66. The minimum absolute atomic E-state index is 0.0518. The van der Waals surface area contributed by atoms with Gasteiger partial charge in [-0.25, -0.2) is 0 Å². The molecule has 1 aliphatic rings. The van der Waals surface area contributed by atoms with Crippen molar-refractivity contribution in [2.75, 3.05) is 6.54 Å². The van der Waals surface area contributed by atoms with Crippen molar-refractivity contribution in [3.63, 3.8) is 0 Å². The highest BCUT2D eigenvalue weighted by Crippen LogP contribution is 2.31. The molecule has 1 aromatic heterocycles. The second-order valence-electron chi connectivity index (χ2n) is 5.37. The molecule has 21 heavy (non-hydrogen) atoms. The molecule has 1 fully saturated rings. The van der Waals surface area contributed by atoms with Gasteiger partial charge >= 0.3 is 0 Å². The zero-order valence-corrected chi connectivity index (χ0v) is 14.5. The van der Waals surface area contributed by atoms with Gasteiger partial charge in [-0.3, -0.25) is 14.3 Å². The summed E-state index contributed by atoms with van der Waals surface area (Å²) < 4.78 is 2.65. The van der Waals surface area contributed by atoms with Crippen LogP contribution in [0.1, 0.15) is 38.1 Å². The minimum atomic E-state index is -0.771. The summed E-state index contributed by atoms with van der Waals surface area (Å²) in [5.74, 6) is -0.119. The lowest BCUT2D eigenvalue weighted by atomic mass is 9.87. The maximum atomic E-state index is 12.4. The van der Waals surface area contributed by atoms with Gasteiger partial charge in [-0.15, -0.1) is 0 Å². The van der Waals surface area contributed by atoms with Gasteiger partial charge in [0.05, 0.1) is 29.0 Å². The van der Waals surface area contributed by atoms with Crippen LogP contribution in [0.5, 0.6) is 0 Å². The van der Waals surface area contributed by atoms with Crippen molar-refractivity contribution in [3.8, 4) is 0 Å². The molecule has 1 aromatic rings. The number of hydrogen-bond acceptors (Lipinski definition) is 3. The Morgan fingerprint density at radius 3 is 2.43 bits per heavy atom. The number of aromatic nitrogens is 2. The molecular formula is C14H21BrN4O2. The summed E-state index contributed by atoms with van der Waals surface area (Å²) in [6, 6.07) is 0. The van der Waals surface area contributed by atoms with Gasteiger partial charge in [0.15, 0.2) is 0 Å². The van der Waals surface area contributed by atoms with E-state index in [9.17, 15) is 9.59 Å². The second kappa shape index (κ2) is 5.79. The molecule has 6 nitrogen and oxygen atoms in total. The first-order chi connectivity index (χ1) is 9.87. The number of nitrogens with one attached hydrogen (secondary N) is 1. The van der Waals surface area contributed by atoms with E-state index in [1.54, 1.807) is 9.58 Å². The molecule has 1 saturated heterocycles. The lowest BCUT2D eigenvalue weighted by molar-refractivity contribution is -0.155. The SMILES string of the molecule is CCC1(CC)C(=O)NCC(=O)N1Cc1c(Br)c(C)nn1C. The zero-order chi connectivity index (χ0) is 15.8. The van der Waals surface area contributed by atoms with Crippen LogP contribution in [0.3, 0.4) is 0 Å². The van der Waals surface area contributed by atoms with E-state index in [0.29, 0.717) is 19.4 Å². The average Bonchev–Trinajstić information content (AvgIpc) is 2.70. The molecule has 0 spiro atoms. The Labute approximate surface area is 133 Å². The molecule has 0 bridgehead atoms. The second-order valence-corrected chi connectivity index (χ2v) is 6.16. The van der Waals surface area contributed by atoms with Crippen LogP contribution in [0.25, 0.3) is 0 Å². The first-order valence-electron chi connectivity index (χ1n) is 7.14. The molecule has 1 N–H and O–H groups in total. The van der Waals surface area contributed by atoms with Crippen LogP contribution in [0.2, 0.25) is 0 Å². The van der Waals surface area contributed by atoms with Crippen molar-refractivity contribution < 1.29 is 9.59 Å². The molecule has 1 aliphatic heterocycles. The van der Waals surface area contributed by atoms with E-state index in [2.05, 4.69) is 26.3 Å². The maximum Gasteiger partial charge on any atom is 0.246 e. The van der Waals surface area contributed by atoms with Crippen LogP contribution in [-0.2, 0) is 23.2 Å². The van der Waals surface area contributed by atoms with Gasteiger partial charge in [-0.1, -0.05) is 13.8 Å². The number of rotatable bonds is 4. The summed E-state index contributed by atoms with van der Waals surface area (Å²) in [7, 11) is 1.85. The van der Waals surface area contributed by atoms with Crippen LogP contribution >= 0.6 is 15.9 Å². The van der Waals surface area contributed by atoms with E-state index < -0.39 is 5.54 Å². The normalized spacial score (nSPS) is 18.0. The van der Waals surface area contributed by atoms with E-state index in [4.69, 9.17) is 0 Å². The van der Waals surface area contributed by atoms with Crippen LogP contribution in [0.4, 0.5) is 0 Å². The van der Waals surface area contributed by atoms with Gasteiger partial charge in [0.1, 0.15) is 5.54 Å². The minimum Gasteiger partial charge on any atom is -0.345 e. The third-order valence-electron chi connectivity index (χ3n) is 4.38. The van der Waals surface area contributed by atoms with Crippen LogP contribution in [-0.4, -0.2) is 38.6 Å². The van der Waals surface area contributed by atoms with Crippen molar-refractivity contribution in [1.29, 1.82) is 0 Å². The van der Waals surface area contributed by atoms with Gasteiger partial charge in [0.25, 0.3) is 0 Å². The van der Waals surface area contributed by atoms with Crippen molar-refractivity contribution in [1.82, 2.24) is 20.0 Å². The Balaban J connectivity index is 2.42. The standard InChI is InChI=1S/C14H21BrN4O2/c1-5-14(6-2)13(21)16-7-11(20)19(14)8-10-12(15)9(3)17-18(10)4/h5-8H2,1-4H3,(H,16,21). The molecule has 0 atom stereocenters. The Morgan fingerprint density at radius 2 is 1.95 bits per heavy atom. The smallest absolute Gasteiger partial charge is 0.246 e. The lowest BCUT2D eigenvalue weighted by Gasteiger charge is -2.45. The van der Waals surface area contributed by atoms with E-state index in [1.807, 2.05) is 27.8 Å². The largest absolute Gasteiger partial charge is 0.345 e. The van der Waals surface area contributed by atoms with Crippen molar-refractivity contribution in [2.45, 2.75) is 45.7 Å². The molecule has 2 amide bonds. The summed E-state index contributed by atoms with van der Waals surface area (Å²) in [5, 5.41) is 7.06. The van der Waals surface area contributed by atoms with Crippen LogP contribution < -0.4 is 5.32 Å². The number of carbonyl (C=O) groups is 2. The third kappa shape index (κ3) is 2.47. The Hall–Kier alpha value is -1.37. The summed E-state index contributed by atoms with van der Waals surface area (Å²) in [6.07, 6.45) is 1.19. The van der Waals surface area contributed by atoms with Gasteiger partial charge in [-0.2, -0.15) is 5.10 Å². The molecule has 0 unspecified atom stereocenters. The molecule has 2 rings (SSSR count). The van der Waals surface area contributed by atoms with E-state index in [0.717, 1.165) is 15.9 Å². The number of nitrogens with zero attached hydrogens (tertiary/aromatic N) is 3. The molecule has 0 aliphatic carbocycles. The number of amides is 2. The Bertz CT molecular complexity index is 578. The highest BCUT2D eigenvalue weighted by Gasteiger charge is 2.47. The first-order valence-corrected chi connectivity index (χ1v) is 7.93. The van der Waals surface area contributed by atoms with Gasteiger partial charge in [0.2, 0.25) is 11.8 Å². The molecule has 0 aromatic carbocycles. The van der Waals surface area contributed by atoms with E-state index in [-0.39, 0.29) is 18.4 Å². The van der Waals surface area contributed by atoms with Crippen molar-refractivity contribution in [2.24, 2.45) is 7.05 Å². The fourth-order valence-electron chi connectivity index (χ4n) is 2.97. The number of halogens is 1. The number of aryl methyl sites for hydroxylation is 2. The Kier molecular flexibility index (Phi) is 4.41. The van der Waals surface area contributed by atoms with Crippen molar-refractivity contribution >= 4 is 27.7 Å². The predicted molar refractivity (Wildman–Crippen MR) is 82.5 cm³/mol. The quantitative estimate of drug-likeness (QED) is 0.888. The highest BCUT2D eigenvalue weighted by atomic mass is 79.9. The number of carbonyl (C=O) groups excluding carboxylic acids is 2. The van der Waals surface area contributed by atoms with Crippen LogP contribution in [0, 0.1) is 6.92 Å². The fraction of sp³-hybridized carbons (Fsp3) is 0.643. The predicted octanol–water partition coefficient (Wildman–Crippen LogP) is 1.51. The fourth-order valence-corrected chi connectivity index (χ4v) is 3.43. The average molecular weight is 357 g/mol. The van der Waals surface area contributed by atoms with Gasteiger partial charge in [0, 0.05) is 7.05 Å². The Morgan fingerprint density at radius 1 is 1.33 bits per heavy atom. The third-order valence-corrected chi connectivity index (χ3v) is 5.41. The van der Waals surface area contributed by atoms with Gasteiger partial charge in [-0.05, 0) is 35.7 Å². The molecule has 116 valence electrons. The van der Waals surface area contributed by atoms with E-state index in [1.165, 1.54) is 0 Å². The summed E-state index contributed by atoms with van der Waals surface area (Å²) in [5.41, 5.74) is 1.01.